The van der Waals surface area contributed by atoms with E-state index in [9.17, 15) is 9.90 Å². The minimum absolute atomic E-state index is 0.0903. The summed E-state index contributed by atoms with van der Waals surface area (Å²) in [6, 6.07) is 0. The molecule has 0 heterocycles. The number of aliphatic hydroxyl groups is 1. The first-order chi connectivity index (χ1) is 7.04. The number of esters is 1. The van der Waals surface area contributed by atoms with E-state index < -0.39 is 23.1 Å². The number of hydrogen-bond acceptors (Lipinski definition) is 3. The molecule has 0 aromatic heterocycles. The van der Waals surface area contributed by atoms with Crippen molar-refractivity contribution in [2.75, 3.05) is 0 Å². The molecule has 0 fully saturated rings. The highest BCUT2D eigenvalue weighted by atomic mass is 16.6. The number of carbonyl (C=O) groups excluding carboxylic acids is 1. The molecule has 0 saturated carbocycles. The third kappa shape index (κ3) is 3.63. The van der Waals surface area contributed by atoms with Crippen molar-refractivity contribution in [2.45, 2.75) is 52.7 Å². The summed E-state index contributed by atoms with van der Waals surface area (Å²) >= 11 is 0. The fourth-order valence-electron chi connectivity index (χ4n) is 1.49. The molecule has 0 aliphatic rings. The van der Waals surface area contributed by atoms with Crippen LogP contribution in [0.15, 0.2) is 12.7 Å². The number of carbonyl (C=O) groups is 1. The van der Waals surface area contributed by atoms with Crippen molar-refractivity contribution in [3.05, 3.63) is 12.7 Å². The third-order valence-corrected chi connectivity index (χ3v) is 2.71. The molecule has 0 saturated heterocycles. The molecule has 2 atom stereocenters. The smallest absolute Gasteiger partial charge is 0.312 e. The molecule has 0 aliphatic carbocycles. The average Bonchev–Trinajstić information content (AvgIpc) is 2.12. The highest BCUT2D eigenvalue weighted by molar-refractivity contribution is 5.74. The van der Waals surface area contributed by atoms with E-state index in [2.05, 4.69) is 6.58 Å². The largest absolute Gasteiger partial charge is 0.460 e. The van der Waals surface area contributed by atoms with Gasteiger partial charge in [-0.1, -0.05) is 19.9 Å². The Kier molecular flexibility index (Phi) is 4.74. The molecule has 1 N–H and O–H groups in total. The van der Waals surface area contributed by atoms with Gasteiger partial charge in [0, 0.05) is 0 Å². The monoisotopic (exact) mass is 228 g/mol. The molecule has 3 heteroatoms. The Bertz CT molecular complexity index is 263. The van der Waals surface area contributed by atoms with E-state index in [1.54, 1.807) is 27.7 Å². The molecule has 0 spiro atoms. The van der Waals surface area contributed by atoms with Gasteiger partial charge in [0.2, 0.25) is 0 Å². The Hall–Kier alpha value is -0.830. The lowest BCUT2D eigenvalue weighted by molar-refractivity contribution is -0.168. The van der Waals surface area contributed by atoms with Crippen LogP contribution in [0.2, 0.25) is 0 Å². The summed E-state index contributed by atoms with van der Waals surface area (Å²) in [4.78, 5) is 11.8. The van der Waals surface area contributed by atoms with Gasteiger partial charge in [0.15, 0.2) is 0 Å². The molecule has 0 rings (SSSR count). The van der Waals surface area contributed by atoms with Gasteiger partial charge in [-0.2, -0.15) is 0 Å². The maximum Gasteiger partial charge on any atom is 0.312 e. The zero-order valence-corrected chi connectivity index (χ0v) is 11.2. The highest BCUT2D eigenvalue weighted by Crippen LogP contribution is 2.29. The molecular formula is C13H24O3. The fourth-order valence-corrected chi connectivity index (χ4v) is 1.49. The Balaban J connectivity index is 4.84. The van der Waals surface area contributed by atoms with Crippen LogP contribution >= 0.6 is 0 Å². The Morgan fingerprint density at radius 3 is 2.00 bits per heavy atom. The van der Waals surface area contributed by atoms with Crippen molar-refractivity contribution in [2.24, 2.45) is 11.8 Å². The standard InChI is InChI=1S/C13H24O3/c1-8-13(15,9(2)3)10(4)11(14)16-12(5,6)7/h8-10,15H,1H2,2-7H3. The van der Waals surface area contributed by atoms with Crippen LogP contribution in [0.5, 0.6) is 0 Å². The molecule has 0 radical (unpaired) electrons. The van der Waals surface area contributed by atoms with Crippen molar-refractivity contribution >= 4 is 5.97 Å². The van der Waals surface area contributed by atoms with Crippen molar-refractivity contribution in [3.63, 3.8) is 0 Å². The summed E-state index contributed by atoms with van der Waals surface area (Å²) < 4.78 is 5.25. The van der Waals surface area contributed by atoms with Crippen LogP contribution < -0.4 is 0 Å². The van der Waals surface area contributed by atoms with Crippen LogP contribution in [0.25, 0.3) is 0 Å². The molecule has 16 heavy (non-hydrogen) atoms. The number of rotatable bonds is 4. The van der Waals surface area contributed by atoms with Gasteiger partial charge >= 0.3 is 5.97 Å². The minimum atomic E-state index is -1.22. The van der Waals surface area contributed by atoms with Crippen LogP contribution in [-0.2, 0) is 9.53 Å². The van der Waals surface area contributed by atoms with Crippen molar-refractivity contribution < 1.29 is 14.6 Å². The lowest BCUT2D eigenvalue weighted by atomic mass is 9.79. The third-order valence-electron chi connectivity index (χ3n) is 2.71. The van der Waals surface area contributed by atoms with Gasteiger partial charge < -0.3 is 9.84 Å². The van der Waals surface area contributed by atoms with Gasteiger partial charge in [0.1, 0.15) is 5.60 Å². The number of hydrogen-bond donors (Lipinski definition) is 1. The second kappa shape index (κ2) is 5.00. The molecule has 3 nitrogen and oxygen atoms in total. The normalized spacial score (nSPS) is 17.8. The van der Waals surface area contributed by atoms with E-state index in [0.29, 0.717) is 0 Å². The summed E-state index contributed by atoms with van der Waals surface area (Å²) in [5.74, 6) is -1.11. The quantitative estimate of drug-likeness (QED) is 0.594. The summed E-state index contributed by atoms with van der Waals surface area (Å²) in [6.07, 6.45) is 1.42. The topological polar surface area (TPSA) is 46.5 Å². The van der Waals surface area contributed by atoms with E-state index >= 15 is 0 Å². The van der Waals surface area contributed by atoms with E-state index in [1.807, 2.05) is 13.8 Å². The Morgan fingerprint density at radius 1 is 1.31 bits per heavy atom. The van der Waals surface area contributed by atoms with Crippen LogP contribution in [0, 0.1) is 11.8 Å². The van der Waals surface area contributed by atoms with Crippen LogP contribution in [-0.4, -0.2) is 22.3 Å². The van der Waals surface area contributed by atoms with Gasteiger partial charge in [-0.15, -0.1) is 6.58 Å². The maximum absolute atomic E-state index is 11.8. The predicted molar refractivity (Wildman–Crippen MR) is 65.0 cm³/mol. The first-order valence-electron chi connectivity index (χ1n) is 5.63. The molecule has 0 aromatic carbocycles. The maximum atomic E-state index is 11.8. The van der Waals surface area contributed by atoms with Gasteiger partial charge in [-0.3, -0.25) is 4.79 Å². The summed E-state index contributed by atoms with van der Waals surface area (Å²) in [7, 11) is 0. The second-order valence-corrected chi connectivity index (χ2v) is 5.50. The van der Waals surface area contributed by atoms with Gasteiger partial charge in [-0.25, -0.2) is 0 Å². The SMILES string of the molecule is C=CC(O)(C(C)C)C(C)C(=O)OC(C)(C)C. The van der Waals surface area contributed by atoms with Gasteiger partial charge in [0.25, 0.3) is 0 Å². The van der Waals surface area contributed by atoms with Crippen molar-refractivity contribution in [3.8, 4) is 0 Å². The second-order valence-electron chi connectivity index (χ2n) is 5.50. The van der Waals surface area contributed by atoms with Crippen LogP contribution in [0.4, 0.5) is 0 Å². The molecule has 0 bridgehead atoms. The molecule has 2 unspecified atom stereocenters. The summed E-state index contributed by atoms with van der Waals surface area (Å²) in [5, 5.41) is 10.3. The first kappa shape index (κ1) is 15.2. The lowest BCUT2D eigenvalue weighted by Crippen LogP contribution is -2.45. The molecule has 0 aromatic rings. The van der Waals surface area contributed by atoms with Crippen LogP contribution in [0.1, 0.15) is 41.5 Å². The van der Waals surface area contributed by atoms with E-state index in [0.717, 1.165) is 0 Å². The van der Waals surface area contributed by atoms with Crippen molar-refractivity contribution in [1.29, 1.82) is 0 Å². The lowest BCUT2D eigenvalue weighted by Gasteiger charge is -2.35. The summed E-state index contributed by atoms with van der Waals surface area (Å²) in [6.45, 7) is 14.4. The van der Waals surface area contributed by atoms with E-state index in [4.69, 9.17) is 4.74 Å². The Morgan fingerprint density at radius 2 is 1.75 bits per heavy atom. The molecule has 94 valence electrons. The number of ether oxygens (including phenoxy) is 1. The molecular weight excluding hydrogens is 204 g/mol. The zero-order valence-electron chi connectivity index (χ0n) is 11.2. The minimum Gasteiger partial charge on any atom is -0.460 e. The Labute approximate surface area is 98.5 Å². The molecule has 0 amide bonds. The van der Waals surface area contributed by atoms with E-state index in [1.165, 1.54) is 6.08 Å². The average molecular weight is 228 g/mol. The van der Waals surface area contributed by atoms with E-state index in [-0.39, 0.29) is 5.92 Å². The van der Waals surface area contributed by atoms with Gasteiger partial charge in [0.05, 0.1) is 11.5 Å². The zero-order chi connectivity index (χ0) is 13.1. The fraction of sp³-hybridized carbons (Fsp3) is 0.769. The van der Waals surface area contributed by atoms with Crippen LogP contribution in [0.3, 0.4) is 0 Å². The molecule has 0 aliphatic heterocycles. The summed E-state index contributed by atoms with van der Waals surface area (Å²) in [5.41, 5.74) is -1.76. The highest BCUT2D eigenvalue weighted by Gasteiger charge is 2.40. The predicted octanol–water partition coefficient (Wildman–Crippen LogP) is 2.54. The van der Waals surface area contributed by atoms with Gasteiger partial charge in [-0.05, 0) is 33.6 Å². The first-order valence-corrected chi connectivity index (χ1v) is 5.63. The van der Waals surface area contributed by atoms with Crippen molar-refractivity contribution in [1.82, 2.24) is 0 Å².